The van der Waals surface area contributed by atoms with Gasteiger partial charge in [-0.2, -0.15) is 0 Å². The van der Waals surface area contributed by atoms with Crippen molar-refractivity contribution in [3.63, 3.8) is 0 Å². The summed E-state index contributed by atoms with van der Waals surface area (Å²) < 4.78 is 0. The van der Waals surface area contributed by atoms with Gasteiger partial charge in [0, 0.05) is 25.5 Å². The van der Waals surface area contributed by atoms with Crippen LogP contribution in [-0.2, 0) is 0 Å². The number of halogens is 1. The Morgan fingerprint density at radius 1 is 1.00 bits per heavy atom. The van der Waals surface area contributed by atoms with Crippen molar-refractivity contribution in [2.75, 3.05) is 13.1 Å². The SMILES string of the molecule is C1=CNCCN1.Cl. The summed E-state index contributed by atoms with van der Waals surface area (Å²) in [6.07, 6.45) is 3.81. The van der Waals surface area contributed by atoms with Gasteiger partial charge in [-0.25, -0.2) is 0 Å². The van der Waals surface area contributed by atoms with Crippen LogP contribution >= 0.6 is 12.4 Å². The van der Waals surface area contributed by atoms with Crippen LogP contribution in [0.15, 0.2) is 12.4 Å². The predicted molar refractivity (Wildman–Crippen MR) is 32.4 cm³/mol. The molecule has 1 aliphatic heterocycles. The highest BCUT2D eigenvalue weighted by molar-refractivity contribution is 5.85. The van der Waals surface area contributed by atoms with Gasteiger partial charge in [-0.05, 0) is 0 Å². The summed E-state index contributed by atoms with van der Waals surface area (Å²) in [5, 5.41) is 6.08. The van der Waals surface area contributed by atoms with E-state index in [0.29, 0.717) is 0 Å². The molecule has 3 heteroatoms. The zero-order valence-corrected chi connectivity index (χ0v) is 4.79. The first-order chi connectivity index (χ1) is 3.00. The molecule has 0 aromatic rings. The molecule has 0 unspecified atom stereocenters. The minimum atomic E-state index is 0. The lowest BCUT2D eigenvalue weighted by Gasteiger charge is -2.05. The van der Waals surface area contributed by atoms with Crippen molar-refractivity contribution in [2.45, 2.75) is 0 Å². The van der Waals surface area contributed by atoms with Crippen molar-refractivity contribution < 1.29 is 0 Å². The van der Waals surface area contributed by atoms with Gasteiger partial charge < -0.3 is 10.6 Å². The molecule has 0 radical (unpaired) electrons. The second-order valence-electron chi connectivity index (χ2n) is 1.24. The summed E-state index contributed by atoms with van der Waals surface area (Å²) in [5.41, 5.74) is 0. The third kappa shape index (κ3) is 2.34. The Balaban J connectivity index is 0.000000360. The maximum Gasteiger partial charge on any atom is 0.0315 e. The Morgan fingerprint density at radius 3 is 1.57 bits per heavy atom. The van der Waals surface area contributed by atoms with Crippen molar-refractivity contribution in [1.29, 1.82) is 0 Å². The molecule has 0 fully saturated rings. The van der Waals surface area contributed by atoms with Crippen molar-refractivity contribution in [3.05, 3.63) is 12.4 Å². The smallest absolute Gasteiger partial charge is 0.0315 e. The first kappa shape index (κ1) is 6.63. The van der Waals surface area contributed by atoms with Crippen LogP contribution in [0.25, 0.3) is 0 Å². The summed E-state index contributed by atoms with van der Waals surface area (Å²) >= 11 is 0. The average Bonchev–Trinajstić information content (AvgIpc) is 1.72. The summed E-state index contributed by atoms with van der Waals surface area (Å²) in [7, 11) is 0. The quantitative estimate of drug-likeness (QED) is 0.473. The van der Waals surface area contributed by atoms with E-state index in [-0.39, 0.29) is 12.4 Å². The van der Waals surface area contributed by atoms with Crippen molar-refractivity contribution in [1.82, 2.24) is 10.6 Å². The van der Waals surface area contributed by atoms with Gasteiger partial charge in [0.05, 0.1) is 0 Å². The van der Waals surface area contributed by atoms with E-state index in [2.05, 4.69) is 10.6 Å². The monoisotopic (exact) mass is 120 g/mol. The molecule has 0 aliphatic carbocycles. The molecule has 1 aliphatic rings. The molecule has 1 rings (SSSR count). The van der Waals surface area contributed by atoms with Crippen molar-refractivity contribution in [2.24, 2.45) is 0 Å². The van der Waals surface area contributed by atoms with Crippen LogP contribution in [0.1, 0.15) is 0 Å². The molecule has 0 bridgehead atoms. The van der Waals surface area contributed by atoms with Gasteiger partial charge in [0.15, 0.2) is 0 Å². The molecule has 0 aromatic carbocycles. The lowest BCUT2D eigenvalue weighted by Crippen LogP contribution is -2.25. The Morgan fingerprint density at radius 2 is 1.43 bits per heavy atom. The summed E-state index contributed by atoms with van der Waals surface area (Å²) in [5.74, 6) is 0. The molecule has 7 heavy (non-hydrogen) atoms. The van der Waals surface area contributed by atoms with E-state index in [1.165, 1.54) is 0 Å². The number of nitrogens with one attached hydrogen (secondary N) is 2. The molecular weight excluding hydrogens is 112 g/mol. The van der Waals surface area contributed by atoms with Crippen molar-refractivity contribution >= 4 is 12.4 Å². The third-order valence-electron chi connectivity index (χ3n) is 0.733. The van der Waals surface area contributed by atoms with Crippen LogP contribution in [0.2, 0.25) is 0 Å². The van der Waals surface area contributed by atoms with E-state index in [9.17, 15) is 0 Å². The molecule has 0 atom stereocenters. The highest BCUT2D eigenvalue weighted by atomic mass is 35.5. The predicted octanol–water partition coefficient (Wildman–Crippen LogP) is 0.0722. The van der Waals surface area contributed by atoms with E-state index >= 15 is 0 Å². The van der Waals surface area contributed by atoms with Gasteiger partial charge in [-0.1, -0.05) is 0 Å². The number of hydrogen-bond acceptors (Lipinski definition) is 2. The average molecular weight is 121 g/mol. The highest BCUT2D eigenvalue weighted by Crippen LogP contribution is 1.67. The van der Waals surface area contributed by atoms with Gasteiger partial charge in [0.25, 0.3) is 0 Å². The molecule has 42 valence electrons. The van der Waals surface area contributed by atoms with Gasteiger partial charge in [0.1, 0.15) is 0 Å². The van der Waals surface area contributed by atoms with E-state index in [0.717, 1.165) is 13.1 Å². The molecule has 2 nitrogen and oxygen atoms in total. The standard InChI is InChI=1S/C4H8N2.ClH/c1-2-6-4-3-5-1;/h1-2,5-6H,3-4H2;1H. The minimum absolute atomic E-state index is 0. The first-order valence-corrected chi connectivity index (χ1v) is 2.12. The maximum absolute atomic E-state index is 3.04. The number of hydrogen-bond donors (Lipinski definition) is 2. The molecule has 0 aromatic heterocycles. The number of rotatable bonds is 0. The van der Waals surface area contributed by atoms with Crippen LogP contribution in [0.3, 0.4) is 0 Å². The fraction of sp³-hybridized carbons (Fsp3) is 0.500. The third-order valence-corrected chi connectivity index (χ3v) is 0.733. The molecule has 1 heterocycles. The Bertz CT molecular complexity index is 54.7. The molecular formula is C4H9ClN2. The van der Waals surface area contributed by atoms with Crippen LogP contribution < -0.4 is 10.6 Å². The van der Waals surface area contributed by atoms with Gasteiger partial charge in [-0.15, -0.1) is 12.4 Å². The van der Waals surface area contributed by atoms with Crippen LogP contribution in [0.5, 0.6) is 0 Å². The van der Waals surface area contributed by atoms with E-state index in [1.807, 2.05) is 12.4 Å². The van der Waals surface area contributed by atoms with Gasteiger partial charge >= 0.3 is 0 Å². The summed E-state index contributed by atoms with van der Waals surface area (Å²) in [6, 6.07) is 0. The summed E-state index contributed by atoms with van der Waals surface area (Å²) in [6.45, 7) is 2.10. The molecule has 0 amide bonds. The van der Waals surface area contributed by atoms with Crippen LogP contribution in [0.4, 0.5) is 0 Å². The Labute approximate surface area is 49.4 Å². The molecule has 0 saturated carbocycles. The largest absolute Gasteiger partial charge is 0.388 e. The highest BCUT2D eigenvalue weighted by Gasteiger charge is 1.81. The molecule has 0 spiro atoms. The molecule has 2 N–H and O–H groups in total. The first-order valence-electron chi connectivity index (χ1n) is 2.12. The fourth-order valence-corrected chi connectivity index (χ4v) is 0.429. The Kier molecular flexibility index (Phi) is 3.61. The summed E-state index contributed by atoms with van der Waals surface area (Å²) in [4.78, 5) is 0. The van der Waals surface area contributed by atoms with E-state index in [4.69, 9.17) is 0 Å². The maximum atomic E-state index is 3.04. The Hall–Kier alpha value is -0.370. The topological polar surface area (TPSA) is 24.1 Å². The van der Waals surface area contributed by atoms with Gasteiger partial charge in [-0.3, -0.25) is 0 Å². The lowest BCUT2D eigenvalue weighted by atomic mass is 10.5. The van der Waals surface area contributed by atoms with Crippen molar-refractivity contribution in [3.8, 4) is 0 Å². The molecule has 0 saturated heterocycles. The minimum Gasteiger partial charge on any atom is -0.388 e. The second kappa shape index (κ2) is 3.81. The van der Waals surface area contributed by atoms with Crippen LogP contribution in [-0.4, -0.2) is 13.1 Å². The fourth-order valence-electron chi connectivity index (χ4n) is 0.429. The lowest BCUT2D eigenvalue weighted by molar-refractivity contribution is 0.723. The second-order valence-corrected chi connectivity index (χ2v) is 1.24. The van der Waals surface area contributed by atoms with E-state index in [1.54, 1.807) is 0 Å². The van der Waals surface area contributed by atoms with Gasteiger partial charge in [0.2, 0.25) is 0 Å². The zero-order valence-electron chi connectivity index (χ0n) is 3.98. The van der Waals surface area contributed by atoms with Crippen LogP contribution in [0, 0.1) is 0 Å². The zero-order chi connectivity index (χ0) is 4.24. The van der Waals surface area contributed by atoms with E-state index < -0.39 is 0 Å². The normalized spacial score (nSPS) is 16.0.